The molecule has 1 aliphatic rings. The van der Waals surface area contributed by atoms with E-state index in [2.05, 4.69) is 5.32 Å². The van der Waals surface area contributed by atoms with E-state index in [-0.39, 0.29) is 41.2 Å². The third-order valence-corrected chi connectivity index (χ3v) is 10.9. The fourth-order valence-corrected chi connectivity index (χ4v) is 7.75. The third kappa shape index (κ3) is 8.93. The van der Waals surface area contributed by atoms with E-state index in [1.807, 2.05) is 36.4 Å². The molecule has 0 radical (unpaired) electrons. The van der Waals surface area contributed by atoms with E-state index >= 15 is 0 Å². The van der Waals surface area contributed by atoms with Gasteiger partial charge in [0.05, 0.1) is 24.8 Å². The van der Waals surface area contributed by atoms with E-state index in [1.165, 1.54) is 31.3 Å². The molecule has 9 nitrogen and oxygen atoms in total. The molecule has 4 aromatic carbocycles. The van der Waals surface area contributed by atoms with E-state index < -0.39 is 28.5 Å². The first-order valence-electron chi connectivity index (χ1n) is 16.4. The Morgan fingerprint density at radius 2 is 1.49 bits per heavy atom. The summed E-state index contributed by atoms with van der Waals surface area (Å²) >= 11 is 6.62. The standard InChI is InChI=1S/C38H42ClN3O6S/c1-47-31-21-23-32(24-22-31)49(45,46)42(34-19-11-12-20-36(34)48-2)27-37(43)41(26-29-15-9-10-18-33(29)39)35(25-28-13-5-3-6-14-28)38(44)40-30-16-7-4-8-17-30/h3,5-6,9-15,18-24,30,35H,4,7-8,16-17,25-27H2,1-2H3,(H,40,44). The van der Waals surface area contributed by atoms with Crippen LogP contribution in [0.1, 0.15) is 43.2 Å². The van der Waals surface area contributed by atoms with Gasteiger partial charge in [-0.05, 0) is 66.4 Å². The van der Waals surface area contributed by atoms with Crippen LogP contribution < -0.4 is 19.1 Å². The molecule has 11 heteroatoms. The van der Waals surface area contributed by atoms with Gasteiger partial charge in [0.15, 0.2) is 0 Å². The van der Waals surface area contributed by atoms with Crippen LogP contribution in [0, 0.1) is 0 Å². The summed E-state index contributed by atoms with van der Waals surface area (Å²) in [6, 6.07) is 28.2. The highest BCUT2D eigenvalue weighted by atomic mass is 35.5. The normalized spacial score (nSPS) is 14.0. The zero-order valence-electron chi connectivity index (χ0n) is 27.8. The van der Waals surface area contributed by atoms with Crippen molar-refractivity contribution in [2.24, 2.45) is 0 Å². The minimum atomic E-state index is -4.33. The van der Waals surface area contributed by atoms with Crippen molar-refractivity contribution in [2.75, 3.05) is 25.1 Å². The van der Waals surface area contributed by atoms with E-state index in [0.29, 0.717) is 16.3 Å². The molecule has 49 heavy (non-hydrogen) atoms. The highest BCUT2D eigenvalue weighted by Crippen LogP contribution is 2.33. The van der Waals surface area contributed by atoms with Crippen LogP contribution in [-0.2, 0) is 32.6 Å². The summed E-state index contributed by atoms with van der Waals surface area (Å²) < 4.78 is 40.6. The number of benzene rings is 4. The first kappa shape index (κ1) is 35.8. The van der Waals surface area contributed by atoms with Crippen LogP contribution in [0.3, 0.4) is 0 Å². The smallest absolute Gasteiger partial charge is 0.264 e. The summed E-state index contributed by atoms with van der Waals surface area (Å²) in [7, 11) is -1.39. The summed E-state index contributed by atoms with van der Waals surface area (Å²) in [5.41, 5.74) is 1.66. The number of para-hydroxylation sites is 2. The van der Waals surface area contributed by atoms with Crippen LogP contribution in [-0.4, -0.2) is 58.0 Å². The van der Waals surface area contributed by atoms with Crippen molar-refractivity contribution in [1.82, 2.24) is 10.2 Å². The third-order valence-electron chi connectivity index (χ3n) is 8.80. The van der Waals surface area contributed by atoms with Crippen molar-refractivity contribution in [3.8, 4) is 11.5 Å². The van der Waals surface area contributed by atoms with Gasteiger partial charge in [0.25, 0.3) is 10.0 Å². The molecule has 1 unspecified atom stereocenters. The quantitative estimate of drug-likeness (QED) is 0.158. The second-order valence-corrected chi connectivity index (χ2v) is 14.3. The molecule has 1 aliphatic carbocycles. The number of hydrogen-bond acceptors (Lipinski definition) is 6. The number of sulfonamides is 1. The fraction of sp³-hybridized carbons (Fsp3) is 0.316. The minimum Gasteiger partial charge on any atom is -0.497 e. The van der Waals surface area contributed by atoms with E-state index in [0.717, 1.165) is 42.0 Å². The van der Waals surface area contributed by atoms with Gasteiger partial charge in [-0.3, -0.25) is 13.9 Å². The Bertz CT molecular complexity index is 1810. The maximum Gasteiger partial charge on any atom is 0.264 e. The lowest BCUT2D eigenvalue weighted by Gasteiger charge is -2.35. The summed E-state index contributed by atoms with van der Waals surface area (Å²) in [6.07, 6.45) is 5.11. The van der Waals surface area contributed by atoms with Gasteiger partial charge in [-0.25, -0.2) is 8.42 Å². The number of anilines is 1. The van der Waals surface area contributed by atoms with Crippen LogP contribution in [0.5, 0.6) is 11.5 Å². The van der Waals surface area contributed by atoms with Gasteiger partial charge in [-0.1, -0.05) is 91.5 Å². The lowest BCUT2D eigenvalue weighted by molar-refractivity contribution is -0.140. The van der Waals surface area contributed by atoms with Crippen molar-refractivity contribution in [2.45, 2.75) is 62.0 Å². The number of rotatable bonds is 14. The molecule has 258 valence electrons. The average Bonchev–Trinajstić information content (AvgIpc) is 3.13. The van der Waals surface area contributed by atoms with Crippen molar-refractivity contribution < 1.29 is 27.5 Å². The first-order valence-corrected chi connectivity index (χ1v) is 18.2. The van der Waals surface area contributed by atoms with Crippen LogP contribution in [0.4, 0.5) is 5.69 Å². The number of carbonyl (C=O) groups is 2. The molecule has 1 N–H and O–H groups in total. The van der Waals surface area contributed by atoms with E-state index in [9.17, 15) is 18.0 Å². The number of nitrogens with one attached hydrogen (secondary N) is 1. The van der Waals surface area contributed by atoms with Gasteiger partial charge in [0.2, 0.25) is 11.8 Å². The Morgan fingerprint density at radius 1 is 0.837 bits per heavy atom. The second-order valence-electron chi connectivity index (χ2n) is 12.0. The van der Waals surface area contributed by atoms with E-state index in [4.69, 9.17) is 21.1 Å². The van der Waals surface area contributed by atoms with Gasteiger partial charge in [-0.15, -0.1) is 0 Å². The van der Waals surface area contributed by atoms with Crippen LogP contribution >= 0.6 is 11.6 Å². The zero-order valence-corrected chi connectivity index (χ0v) is 29.3. The molecule has 0 aromatic heterocycles. The lowest BCUT2D eigenvalue weighted by Crippen LogP contribution is -2.55. The van der Waals surface area contributed by atoms with Gasteiger partial charge in [0.1, 0.15) is 24.1 Å². The van der Waals surface area contributed by atoms with E-state index in [1.54, 1.807) is 54.6 Å². The largest absolute Gasteiger partial charge is 0.497 e. The number of ether oxygens (including phenoxy) is 2. The number of nitrogens with zero attached hydrogens (tertiary/aromatic N) is 2. The lowest BCUT2D eigenvalue weighted by atomic mass is 9.94. The summed E-state index contributed by atoms with van der Waals surface area (Å²) in [6.45, 7) is -0.627. The van der Waals surface area contributed by atoms with Crippen LogP contribution in [0.15, 0.2) is 108 Å². The van der Waals surface area contributed by atoms with Crippen molar-refractivity contribution in [1.29, 1.82) is 0 Å². The van der Waals surface area contributed by atoms with Gasteiger partial charge in [0, 0.05) is 24.0 Å². The Morgan fingerprint density at radius 3 is 2.16 bits per heavy atom. The number of amides is 2. The Balaban J connectivity index is 1.59. The maximum atomic E-state index is 14.8. The van der Waals surface area contributed by atoms with Crippen LogP contribution in [0.25, 0.3) is 0 Å². The zero-order chi connectivity index (χ0) is 34.8. The number of carbonyl (C=O) groups excluding carboxylic acids is 2. The van der Waals surface area contributed by atoms with Gasteiger partial charge < -0.3 is 19.7 Å². The van der Waals surface area contributed by atoms with Crippen molar-refractivity contribution in [3.05, 3.63) is 119 Å². The molecule has 4 aromatic rings. The molecular weight excluding hydrogens is 662 g/mol. The Hall–Kier alpha value is -4.54. The molecule has 1 fully saturated rings. The predicted octanol–water partition coefficient (Wildman–Crippen LogP) is 6.64. The van der Waals surface area contributed by atoms with Crippen LogP contribution in [0.2, 0.25) is 5.02 Å². The maximum absolute atomic E-state index is 14.8. The van der Waals surface area contributed by atoms with Crippen molar-refractivity contribution in [3.63, 3.8) is 0 Å². The minimum absolute atomic E-state index is 0.00248. The first-order chi connectivity index (χ1) is 23.7. The second kappa shape index (κ2) is 16.7. The molecule has 0 saturated heterocycles. The molecule has 1 atom stereocenters. The predicted molar refractivity (Wildman–Crippen MR) is 191 cm³/mol. The van der Waals surface area contributed by atoms with Gasteiger partial charge in [-0.2, -0.15) is 0 Å². The Kier molecular flexibility index (Phi) is 12.2. The molecule has 0 bridgehead atoms. The number of methoxy groups -OCH3 is 2. The van der Waals surface area contributed by atoms with Crippen molar-refractivity contribution >= 4 is 39.1 Å². The summed E-state index contributed by atoms with van der Waals surface area (Å²) in [5.74, 6) is -0.126. The number of halogens is 1. The molecule has 0 heterocycles. The monoisotopic (exact) mass is 703 g/mol. The highest BCUT2D eigenvalue weighted by molar-refractivity contribution is 7.92. The molecule has 1 saturated carbocycles. The summed E-state index contributed by atoms with van der Waals surface area (Å²) in [5, 5.41) is 3.65. The molecular formula is C38H42ClN3O6S. The Labute approximate surface area is 293 Å². The molecule has 5 rings (SSSR count). The molecule has 0 aliphatic heterocycles. The number of hydrogen-bond donors (Lipinski definition) is 1. The fourth-order valence-electron chi connectivity index (χ4n) is 6.13. The van der Waals surface area contributed by atoms with Gasteiger partial charge >= 0.3 is 0 Å². The molecule has 2 amide bonds. The highest BCUT2D eigenvalue weighted by Gasteiger charge is 2.36. The summed E-state index contributed by atoms with van der Waals surface area (Å²) in [4.78, 5) is 30.5. The molecule has 0 spiro atoms. The SMILES string of the molecule is COc1ccc(S(=O)(=O)N(CC(=O)N(Cc2ccccc2Cl)C(Cc2ccccc2)C(=O)NC2CCCCC2)c2ccccc2OC)cc1. The topological polar surface area (TPSA) is 105 Å². The average molecular weight is 704 g/mol.